The fourth-order valence-corrected chi connectivity index (χ4v) is 3.38. The van der Waals surface area contributed by atoms with E-state index in [9.17, 15) is 9.59 Å². The summed E-state index contributed by atoms with van der Waals surface area (Å²) in [7, 11) is 0. The molecule has 26 heavy (non-hydrogen) atoms. The Kier molecular flexibility index (Phi) is 6.03. The van der Waals surface area contributed by atoms with Gasteiger partial charge in [0.2, 0.25) is 11.6 Å². The Morgan fingerprint density at radius 1 is 1.15 bits per heavy atom. The SMILES string of the molecule is O=C(CCSc1c(=O)o[nH][n+]1-c1ccccc1)Nc1ccc(Cl)c(Cl)c1. The zero-order valence-corrected chi connectivity index (χ0v) is 15.7. The number of carbonyl (C=O) groups excluding carboxylic acids is 1. The Hall–Kier alpha value is -2.22. The quantitative estimate of drug-likeness (QED) is 0.479. The van der Waals surface area contributed by atoms with Crippen molar-refractivity contribution in [3.63, 3.8) is 0 Å². The zero-order valence-electron chi connectivity index (χ0n) is 13.4. The largest absolute Gasteiger partial charge is 0.442 e. The van der Waals surface area contributed by atoms with Crippen molar-refractivity contribution in [2.24, 2.45) is 0 Å². The second-order valence-electron chi connectivity index (χ2n) is 5.23. The average Bonchev–Trinajstić information content (AvgIpc) is 3.00. The molecule has 0 aliphatic carbocycles. The first-order valence-corrected chi connectivity index (χ1v) is 9.35. The van der Waals surface area contributed by atoms with E-state index in [1.165, 1.54) is 11.8 Å². The van der Waals surface area contributed by atoms with Crippen LogP contribution in [-0.2, 0) is 4.79 Å². The van der Waals surface area contributed by atoms with Crippen molar-refractivity contribution in [3.8, 4) is 5.69 Å². The fourth-order valence-electron chi connectivity index (χ4n) is 2.17. The van der Waals surface area contributed by atoms with E-state index < -0.39 is 5.63 Å². The van der Waals surface area contributed by atoms with Crippen molar-refractivity contribution in [2.45, 2.75) is 11.4 Å². The van der Waals surface area contributed by atoms with Crippen LogP contribution in [0.1, 0.15) is 6.42 Å². The standard InChI is InChI=1S/C17H13Cl2N3O3S/c18-13-7-6-11(10-14(13)19)20-15(23)8-9-26-16-17(24)25-21-22(16)12-4-2-1-3-5-12/h1-7,10H,8-9H2,(H-,20,21,23,24)/p+1. The van der Waals surface area contributed by atoms with Gasteiger partial charge in [-0.2, -0.15) is 0 Å². The van der Waals surface area contributed by atoms with E-state index in [0.717, 1.165) is 5.69 Å². The van der Waals surface area contributed by atoms with Crippen molar-refractivity contribution in [1.29, 1.82) is 0 Å². The maximum atomic E-state index is 12.1. The minimum atomic E-state index is -0.483. The summed E-state index contributed by atoms with van der Waals surface area (Å²) >= 11 is 13.0. The van der Waals surface area contributed by atoms with Gasteiger partial charge in [-0.1, -0.05) is 41.4 Å². The van der Waals surface area contributed by atoms with Crippen molar-refractivity contribution in [3.05, 3.63) is 69.0 Å². The normalized spacial score (nSPS) is 10.7. The van der Waals surface area contributed by atoms with Crippen LogP contribution >= 0.6 is 35.0 Å². The van der Waals surface area contributed by atoms with E-state index in [2.05, 4.69) is 10.6 Å². The third-order valence-electron chi connectivity index (χ3n) is 3.39. The molecule has 0 saturated heterocycles. The predicted molar refractivity (Wildman–Crippen MR) is 101 cm³/mol. The minimum absolute atomic E-state index is 0.193. The molecule has 6 nitrogen and oxygen atoms in total. The van der Waals surface area contributed by atoms with Crippen LogP contribution in [0.2, 0.25) is 10.0 Å². The molecule has 0 radical (unpaired) electrons. The predicted octanol–water partition coefficient (Wildman–Crippen LogP) is 3.67. The van der Waals surface area contributed by atoms with Gasteiger partial charge in [-0.05, 0) is 39.9 Å². The summed E-state index contributed by atoms with van der Waals surface area (Å²) in [5.41, 5.74) is 0.847. The molecule has 2 N–H and O–H groups in total. The minimum Gasteiger partial charge on any atom is -0.326 e. The Labute approximate surface area is 163 Å². The number of nitrogens with zero attached hydrogens (tertiary/aromatic N) is 1. The topological polar surface area (TPSA) is 79.0 Å². The maximum Gasteiger partial charge on any atom is 0.442 e. The lowest BCUT2D eigenvalue weighted by Gasteiger charge is -2.05. The van der Waals surface area contributed by atoms with Gasteiger partial charge in [0.25, 0.3) is 0 Å². The van der Waals surface area contributed by atoms with Crippen LogP contribution in [0.4, 0.5) is 5.69 Å². The second kappa shape index (κ2) is 8.44. The molecule has 0 aliphatic heterocycles. The first-order valence-electron chi connectivity index (χ1n) is 7.61. The molecule has 3 rings (SSSR count). The van der Waals surface area contributed by atoms with Gasteiger partial charge < -0.3 is 5.32 Å². The van der Waals surface area contributed by atoms with Crippen molar-refractivity contribution >= 4 is 46.6 Å². The second-order valence-corrected chi connectivity index (χ2v) is 7.13. The smallest absolute Gasteiger partial charge is 0.326 e. The third kappa shape index (κ3) is 4.49. The number of anilines is 1. The Balaban J connectivity index is 1.60. The molecule has 1 amide bonds. The summed E-state index contributed by atoms with van der Waals surface area (Å²) in [6, 6.07) is 14.1. The average molecular weight is 411 g/mol. The van der Waals surface area contributed by atoms with E-state index in [4.69, 9.17) is 27.7 Å². The van der Waals surface area contributed by atoms with Gasteiger partial charge in [0, 0.05) is 30.0 Å². The monoisotopic (exact) mass is 410 g/mol. The first kappa shape index (κ1) is 18.6. The van der Waals surface area contributed by atoms with E-state index >= 15 is 0 Å². The van der Waals surface area contributed by atoms with Crippen molar-refractivity contribution in [1.82, 2.24) is 5.27 Å². The highest BCUT2D eigenvalue weighted by atomic mass is 35.5. The highest BCUT2D eigenvalue weighted by Crippen LogP contribution is 2.25. The van der Waals surface area contributed by atoms with Gasteiger partial charge in [0.15, 0.2) is 0 Å². The third-order valence-corrected chi connectivity index (χ3v) is 5.16. The Bertz CT molecular complexity index is 973. The fraction of sp³-hybridized carbons (Fsp3) is 0.118. The van der Waals surface area contributed by atoms with Crippen LogP contribution in [-0.4, -0.2) is 16.9 Å². The molecule has 2 aromatic carbocycles. The van der Waals surface area contributed by atoms with Gasteiger partial charge in [0.1, 0.15) is 0 Å². The summed E-state index contributed by atoms with van der Waals surface area (Å²) in [6.45, 7) is 0. The number of aromatic amines is 1. The number of carbonyl (C=O) groups is 1. The number of rotatable bonds is 6. The van der Waals surface area contributed by atoms with Crippen LogP contribution < -0.4 is 15.6 Å². The summed E-state index contributed by atoms with van der Waals surface area (Å²) in [4.78, 5) is 23.9. The lowest BCUT2D eigenvalue weighted by molar-refractivity contribution is -0.704. The van der Waals surface area contributed by atoms with Gasteiger partial charge in [-0.15, -0.1) is 0 Å². The van der Waals surface area contributed by atoms with Gasteiger partial charge in [0.05, 0.1) is 10.0 Å². The highest BCUT2D eigenvalue weighted by Gasteiger charge is 2.23. The number of hydrogen-bond acceptors (Lipinski definition) is 4. The summed E-state index contributed by atoms with van der Waals surface area (Å²) in [5, 5.41) is 6.46. The highest BCUT2D eigenvalue weighted by molar-refractivity contribution is 7.99. The summed E-state index contributed by atoms with van der Waals surface area (Å²) in [5.74, 6) is 0.213. The van der Waals surface area contributed by atoms with Gasteiger partial charge >= 0.3 is 10.7 Å². The van der Waals surface area contributed by atoms with Crippen molar-refractivity contribution in [2.75, 3.05) is 11.1 Å². The van der Waals surface area contributed by atoms with Crippen molar-refractivity contribution < 1.29 is 14.0 Å². The van der Waals surface area contributed by atoms with Crippen LogP contribution in [0, 0.1) is 0 Å². The molecule has 0 fully saturated rings. The van der Waals surface area contributed by atoms with Crippen LogP contribution in [0.3, 0.4) is 0 Å². The van der Waals surface area contributed by atoms with Gasteiger partial charge in [-0.3, -0.25) is 9.32 Å². The summed E-state index contributed by atoms with van der Waals surface area (Å²) in [6.07, 6.45) is 0.213. The van der Waals surface area contributed by atoms with Crippen LogP contribution in [0.15, 0.2) is 62.9 Å². The summed E-state index contributed by atoms with van der Waals surface area (Å²) < 4.78 is 6.41. The molecule has 0 unspecified atom stereocenters. The van der Waals surface area contributed by atoms with Crippen LogP contribution in [0.5, 0.6) is 0 Å². The molecular formula is C17H14Cl2N3O3S+. The molecule has 3 aromatic rings. The Morgan fingerprint density at radius 2 is 1.92 bits per heavy atom. The molecule has 0 atom stereocenters. The number of para-hydroxylation sites is 1. The molecule has 0 aliphatic rings. The number of benzene rings is 2. The number of H-pyrrole nitrogens is 1. The van der Waals surface area contributed by atoms with Gasteiger partial charge in [-0.25, -0.2) is 4.79 Å². The van der Waals surface area contributed by atoms with Crippen LogP contribution in [0.25, 0.3) is 5.69 Å². The van der Waals surface area contributed by atoms with E-state index in [1.54, 1.807) is 22.9 Å². The maximum absolute atomic E-state index is 12.1. The lowest BCUT2D eigenvalue weighted by atomic mass is 10.3. The molecule has 0 saturated carbocycles. The van der Waals surface area contributed by atoms with E-state index in [1.807, 2.05) is 30.3 Å². The first-order chi connectivity index (χ1) is 12.5. The molecule has 1 aromatic heterocycles. The van der Waals surface area contributed by atoms with E-state index in [-0.39, 0.29) is 12.3 Å². The number of amides is 1. The number of aromatic nitrogens is 2. The molecular weight excluding hydrogens is 397 g/mol. The molecule has 9 heteroatoms. The molecule has 1 heterocycles. The number of nitrogens with one attached hydrogen (secondary N) is 2. The zero-order chi connectivity index (χ0) is 18.5. The number of thioether (sulfide) groups is 1. The number of halogens is 2. The van der Waals surface area contributed by atoms with E-state index in [0.29, 0.717) is 26.5 Å². The Morgan fingerprint density at radius 3 is 2.65 bits per heavy atom. The molecule has 0 bridgehead atoms. The molecule has 0 spiro atoms. The number of hydrogen-bond donors (Lipinski definition) is 2. The molecule has 134 valence electrons. The lowest BCUT2D eigenvalue weighted by Crippen LogP contribution is -2.36.